The van der Waals surface area contributed by atoms with Crippen molar-refractivity contribution in [2.45, 2.75) is 42.9 Å². The van der Waals surface area contributed by atoms with Crippen molar-refractivity contribution in [2.24, 2.45) is 0 Å². The van der Waals surface area contributed by atoms with E-state index in [-0.39, 0.29) is 11.2 Å². The molecule has 2 N–H and O–H groups in total. The minimum atomic E-state index is -1.04. The zero-order valence-corrected chi connectivity index (χ0v) is 12.7. The summed E-state index contributed by atoms with van der Waals surface area (Å²) >= 11 is 3.30. The topological polar surface area (TPSA) is 66.4 Å². The first-order chi connectivity index (χ1) is 9.62. The maximum Gasteiger partial charge on any atom is 0.329 e. The quantitative estimate of drug-likeness (QED) is 0.900. The van der Waals surface area contributed by atoms with Crippen molar-refractivity contribution >= 4 is 35.0 Å². The van der Waals surface area contributed by atoms with E-state index >= 15 is 0 Å². The summed E-state index contributed by atoms with van der Waals surface area (Å²) in [4.78, 5) is 25.3. The van der Waals surface area contributed by atoms with Crippen LogP contribution in [0.4, 0.5) is 0 Å². The van der Waals surface area contributed by atoms with Gasteiger partial charge in [0.25, 0.3) is 0 Å². The Bertz CT molecular complexity index is 534. The van der Waals surface area contributed by atoms with Crippen molar-refractivity contribution in [3.63, 3.8) is 0 Å². The van der Waals surface area contributed by atoms with Crippen molar-refractivity contribution in [1.82, 2.24) is 5.32 Å². The minimum Gasteiger partial charge on any atom is -0.480 e. The van der Waals surface area contributed by atoms with Crippen LogP contribution in [0.25, 0.3) is 0 Å². The Morgan fingerprint density at radius 3 is 2.80 bits per heavy atom. The number of amides is 1. The molecular formula is C14H17NO3S2. The van der Waals surface area contributed by atoms with Gasteiger partial charge >= 0.3 is 5.97 Å². The van der Waals surface area contributed by atoms with E-state index in [1.807, 2.05) is 11.4 Å². The summed E-state index contributed by atoms with van der Waals surface area (Å²) < 4.78 is 0. The summed E-state index contributed by atoms with van der Waals surface area (Å²) in [6, 6.07) is 2.00. The Labute approximate surface area is 125 Å². The van der Waals surface area contributed by atoms with Gasteiger partial charge in [-0.05, 0) is 42.0 Å². The third-order valence-electron chi connectivity index (χ3n) is 4.14. The van der Waals surface area contributed by atoms with Gasteiger partial charge in [0.1, 0.15) is 10.8 Å². The maximum absolute atomic E-state index is 12.5. The van der Waals surface area contributed by atoms with Gasteiger partial charge in [-0.15, -0.1) is 23.1 Å². The summed E-state index contributed by atoms with van der Waals surface area (Å²) in [5.41, 5.74) is 0.0351. The third kappa shape index (κ3) is 2.35. The highest BCUT2D eigenvalue weighted by Gasteiger charge is 2.44. The van der Waals surface area contributed by atoms with Crippen LogP contribution in [0, 0.1) is 0 Å². The number of hydrogen-bond acceptors (Lipinski definition) is 4. The van der Waals surface area contributed by atoms with Crippen LogP contribution in [0.2, 0.25) is 0 Å². The van der Waals surface area contributed by atoms with Crippen LogP contribution < -0.4 is 5.32 Å². The molecule has 3 rings (SSSR count). The predicted molar refractivity (Wildman–Crippen MR) is 80.2 cm³/mol. The molecule has 1 amide bonds. The molecule has 1 aliphatic carbocycles. The number of thiophene rings is 1. The molecule has 1 aromatic heterocycles. The maximum atomic E-state index is 12.5. The average molecular weight is 311 g/mol. The summed E-state index contributed by atoms with van der Waals surface area (Å²) in [5, 5.41) is 14.0. The SMILES string of the molecule is O=C(NC1(C(=O)O)CCCC1)C1SCCc2sccc21. The standard InChI is InChI=1S/C14H17NO3S2/c16-12(15-14(13(17)18)5-1-2-6-14)11-9-3-7-19-10(9)4-8-20-11/h3,7,11H,1-2,4-6,8H2,(H,15,16)(H,17,18). The van der Waals surface area contributed by atoms with Crippen LogP contribution in [0.5, 0.6) is 0 Å². The van der Waals surface area contributed by atoms with Gasteiger partial charge in [-0.1, -0.05) is 12.8 Å². The Morgan fingerprint density at radius 2 is 2.10 bits per heavy atom. The van der Waals surface area contributed by atoms with Gasteiger partial charge in [0.2, 0.25) is 5.91 Å². The second-order valence-corrected chi connectivity index (χ2v) is 7.60. The molecule has 1 fully saturated rings. The normalized spacial score (nSPS) is 24.1. The molecule has 2 heterocycles. The number of nitrogens with one attached hydrogen (secondary N) is 1. The summed E-state index contributed by atoms with van der Waals surface area (Å²) in [5.74, 6) is -0.112. The van der Waals surface area contributed by atoms with E-state index in [1.54, 1.807) is 23.1 Å². The molecule has 1 aromatic rings. The first kappa shape index (κ1) is 13.9. The van der Waals surface area contributed by atoms with Crippen molar-refractivity contribution in [2.75, 3.05) is 5.75 Å². The third-order valence-corrected chi connectivity index (χ3v) is 6.38. The van der Waals surface area contributed by atoms with Crippen LogP contribution in [0.1, 0.15) is 41.4 Å². The van der Waals surface area contributed by atoms with Gasteiger partial charge in [-0.3, -0.25) is 4.79 Å². The monoisotopic (exact) mass is 311 g/mol. The van der Waals surface area contributed by atoms with Gasteiger partial charge in [-0.2, -0.15) is 0 Å². The smallest absolute Gasteiger partial charge is 0.329 e. The molecule has 6 heteroatoms. The number of carbonyl (C=O) groups is 2. The van der Waals surface area contributed by atoms with Crippen LogP contribution >= 0.6 is 23.1 Å². The number of aryl methyl sites for hydroxylation is 1. The molecule has 1 atom stereocenters. The number of fused-ring (bicyclic) bond motifs is 1. The fourth-order valence-corrected chi connectivity index (χ4v) is 5.33. The molecule has 0 radical (unpaired) electrons. The lowest BCUT2D eigenvalue weighted by molar-refractivity contribution is -0.147. The Balaban J connectivity index is 1.79. The molecule has 0 spiro atoms. The van der Waals surface area contributed by atoms with Crippen LogP contribution in [0.15, 0.2) is 11.4 Å². The van der Waals surface area contributed by atoms with Crippen molar-refractivity contribution in [3.8, 4) is 0 Å². The highest BCUT2D eigenvalue weighted by Crippen LogP contribution is 2.40. The molecule has 0 bridgehead atoms. The van der Waals surface area contributed by atoms with Gasteiger partial charge < -0.3 is 10.4 Å². The second-order valence-electron chi connectivity index (χ2n) is 5.38. The van der Waals surface area contributed by atoms with Crippen LogP contribution in [0.3, 0.4) is 0 Å². The van der Waals surface area contributed by atoms with Crippen molar-refractivity contribution in [1.29, 1.82) is 0 Å². The number of hydrogen-bond donors (Lipinski definition) is 2. The largest absolute Gasteiger partial charge is 0.480 e. The lowest BCUT2D eigenvalue weighted by atomic mass is 9.97. The lowest BCUT2D eigenvalue weighted by Crippen LogP contribution is -2.53. The zero-order valence-electron chi connectivity index (χ0n) is 11.1. The van der Waals surface area contributed by atoms with Crippen LogP contribution in [-0.4, -0.2) is 28.3 Å². The Morgan fingerprint density at radius 1 is 1.35 bits per heavy atom. The molecule has 4 nitrogen and oxygen atoms in total. The Kier molecular flexibility index (Phi) is 3.77. The molecule has 0 saturated heterocycles. The predicted octanol–water partition coefficient (Wildman–Crippen LogP) is 2.59. The number of carboxylic acids is 1. The molecule has 1 unspecified atom stereocenters. The van der Waals surface area contributed by atoms with Gasteiger partial charge in [0, 0.05) is 4.88 Å². The first-order valence-electron chi connectivity index (χ1n) is 6.86. The number of carboxylic acid groups (broad SMARTS) is 1. The first-order valence-corrected chi connectivity index (χ1v) is 8.78. The number of thioether (sulfide) groups is 1. The van der Waals surface area contributed by atoms with Crippen LogP contribution in [-0.2, 0) is 16.0 Å². The average Bonchev–Trinajstić information content (AvgIpc) is 3.06. The molecule has 1 aliphatic heterocycles. The number of rotatable bonds is 3. The Hall–Kier alpha value is -1.01. The van der Waals surface area contributed by atoms with Crippen molar-refractivity contribution < 1.29 is 14.7 Å². The van der Waals surface area contributed by atoms with Crippen molar-refractivity contribution in [3.05, 3.63) is 21.9 Å². The van der Waals surface area contributed by atoms with E-state index in [1.165, 1.54) is 4.88 Å². The minimum absolute atomic E-state index is 0.140. The van der Waals surface area contributed by atoms with E-state index < -0.39 is 11.5 Å². The van der Waals surface area contributed by atoms with Gasteiger partial charge in [0.15, 0.2) is 0 Å². The molecular weight excluding hydrogens is 294 g/mol. The fraction of sp³-hybridized carbons (Fsp3) is 0.571. The molecule has 0 aromatic carbocycles. The molecule has 20 heavy (non-hydrogen) atoms. The van der Waals surface area contributed by atoms with E-state index in [0.29, 0.717) is 12.8 Å². The molecule has 2 aliphatic rings. The number of aliphatic carboxylic acids is 1. The lowest BCUT2D eigenvalue weighted by Gasteiger charge is -2.29. The number of carbonyl (C=O) groups excluding carboxylic acids is 1. The van der Waals surface area contributed by atoms with E-state index in [9.17, 15) is 14.7 Å². The molecule has 1 saturated carbocycles. The zero-order chi connectivity index (χ0) is 14.2. The highest BCUT2D eigenvalue weighted by molar-refractivity contribution is 8.00. The van der Waals surface area contributed by atoms with Gasteiger partial charge in [-0.25, -0.2) is 4.79 Å². The second kappa shape index (κ2) is 5.41. The summed E-state index contributed by atoms with van der Waals surface area (Å²) in [7, 11) is 0. The highest BCUT2D eigenvalue weighted by atomic mass is 32.2. The fourth-order valence-electron chi connectivity index (χ4n) is 3.04. The van der Waals surface area contributed by atoms with E-state index in [4.69, 9.17) is 0 Å². The summed E-state index contributed by atoms with van der Waals surface area (Å²) in [6.45, 7) is 0. The van der Waals surface area contributed by atoms with E-state index in [0.717, 1.165) is 30.6 Å². The van der Waals surface area contributed by atoms with Gasteiger partial charge in [0.05, 0.1) is 0 Å². The van der Waals surface area contributed by atoms with E-state index in [2.05, 4.69) is 5.32 Å². The molecule has 108 valence electrons. The summed E-state index contributed by atoms with van der Waals surface area (Å²) in [6.07, 6.45) is 3.83.